The van der Waals surface area contributed by atoms with Gasteiger partial charge in [-0.3, -0.25) is 4.79 Å². The Morgan fingerprint density at radius 2 is 2.47 bits per heavy atom. The molecule has 84 valence electrons. The van der Waals surface area contributed by atoms with Gasteiger partial charge in [-0.1, -0.05) is 12.3 Å². The first-order valence-electron chi connectivity index (χ1n) is 5.37. The zero-order chi connectivity index (χ0) is 10.9. The third kappa shape index (κ3) is 5.10. The predicted molar refractivity (Wildman–Crippen MR) is 64.8 cm³/mol. The van der Waals surface area contributed by atoms with Crippen molar-refractivity contribution in [2.45, 2.75) is 25.3 Å². The van der Waals surface area contributed by atoms with Crippen LogP contribution < -0.4 is 10.6 Å². The molecule has 0 aliphatic carbocycles. The molecule has 2 N–H and O–H groups in total. The Hall–Kier alpha value is -0.660. The standard InChI is InChI=1S/C11H18N2OS/c1-2-8-15-9-7-13-11(14)10-5-3-4-6-12-10/h1,10,12H,3-9H2,(H,13,14)/t10-/m1/s1. The number of carbonyl (C=O) groups is 1. The molecule has 1 aliphatic heterocycles. The molecule has 1 saturated heterocycles. The van der Waals surface area contributed by atoms with Gasteiger partial charge in [-0.05, 0) is 19.4 Å². The van der Waals surface area contributed by atoms with Gasteiger partial charge in [0, 0.05) is 12.3 Å². The van der Waals surface area contributed by atoms with Gasteiger partial charge in [-0.15, -0.1) is 18.2 Å². The van der Waals surface area contributed by atoms with Gasteiger partial charge >= 0.3 is 0 Å². The summed E-state index contributed by atoms with van der Waals surface area (Å²) in [5, 5.41) is 6.14. The Balaban J connectivity index is 2.05. The second-order valence-electron chi connectivity index (χ2n) is 3.55. The van der Waals surface area contributed by atoms with Crippen LogP contribution in [0, 0.1) is 12.3 Å². The topological polar surface area (TPSA) is 41.1 Å². The summed E-state index contributed by atoms with van der Waals surface area (Å²) in [5.74, 6) is 4.30. The van der Waals surface area contributed by atoms with E-state index in [-0.39, 0.29) is 11.9 Å². The zero-order valence-electron chi connectivity index (χ0n) is 8.92. The van der Waals surface area contributed by atoms with E-state index < -0.39 is 0 Å². The molecule has 0 saturated carbocycles. The van der Waals surface area contributed by atoms with Crippen LogP contribution in [0.3, 0.4) is 0 Å². The van der Waals surface area contributed by atoms with E-state index in [2.05, 4.69) is 16.6 Å². The first-order chi connectivity index (χ1) is 7.34. The van der Waals surface area contributed by atoms with E-state index in [1.807, 2.05) is 0 Å². The van der Waals surface area contributed by atoms with Gasteiger partial charge in [0.1, 0.15) is 0 Å². The number of rotatable bonds is 5. The molecule has 0 aromatic rings. The van der Waals surface area contributed by atoms with Crippen molar-refractivity contribution in [2.75, 3.05) is 24.6 Å². The fourth-order valence-corrected chi connectivity index (χ4v) is 2.08. The van der Waals surface area contributed by atoms with E-state index >= 15 is 0 Å². The van der Waals surface area contributed by atoms with Crippen LogP contribution in [0.2, 0.25) is 0 Å². The molecule has 0 radical (unpaired) electrons. The Labute approximate surface area is 95.8 Å². The van der Waals surface area contributed by atoms with Crippen molar-refractivity contribution in [3.05, 3.63) is 0 Å². The Bertz CT molecular complexity index is 231. The lowest BCUT2D eigenvalue weighted by Crippen LogP contribution is -2.47. The fraction of sp³-hybridized carbons (Fsp3) is 0.727. The SMILES string of the molecule is C#CCSCCNC(=O)[C@H]1CCCCN1. The van der Waals surface area contributed by atoms with E-state index in [4.69, 9.17) is 6.42 Å². The number of amides is 1. The number of thioether (sulfide) groups is 1. The summed E-state index contributed by atoms with van der Waals surface area (Å²) < 4.78 is 0. The summed E-state index contributed by atoms with van der Waals surface area (Å²) in [6.45, 7) is 1.67. The Kier molecular flexibility index (Phi) is 6.29. The quantitative estimate of drug-likeness (QED) is 0.533. The van der Waals surface area contributed by atoms with Crippen molar-refractivity contribution in [3.63, 3.8) is 0 Å². The smallest absolute Gasteiger partial charge is 0.237 e. The lowest BCUT2D eigenvalue weighted by molar-refractivity contribution is -0.123. The van der Waals surface area contributed by atoms with Crippen LogP contribution in [-0.2, 0) is 4.79 Å². The van der Waals surface area contributed by atoms with Crippen LogP contribution >= 0.6 is 11.8 Å². The van der Waals surface area contributed by atoms with Gasteiger partial charge in [0.05, 0.1) is 11.8 Å². The minimum Gasteiger partial charge on any atom is -0.354 e. The lowest BCUT2D eigenvalue weighted by Gasteiger charge is -2.22. The molecule has 1 fully saturated rings. The number of hydrogen-bond donors (Lipinski definition) is 2. The summed E-state index contributed by atoms with van der Waals surface area (Å²) >= 11 is 1.67. The normalized spacial score (nSPS) is 20.6. The highest BCUT2D eigenvalue weighted by molar-refractivity contribution is 7.99. The van der Waals surface area contributed by atoms with Gasteiger partial charge in [0.25, 0.3) is 0 Å². The number of carbonyl (C=O) groups excluding carboxylic acids is 1. The maximum absolute atomic E-state index is 11.6. The lowest BCUT2D eigenvalue weighted by atomic mass is 10.0. The summed E-state index contributed by atoms with van der Waals surface area (Å²) in [6, 6.07) is 0.0244. The van der Waals surface area contributed by atoms with Crippen molar-refractivity contribution in [1.29, 1.82) is 0 Å². The molecule has 0 bridgehead atoms. The molecule has 15 heavy (non-hydrogen) atoms. The van der Waals surface area contributed by atoms with Crippen LogP contribution in [0.25, 0.3) is 0 Å². The molecule has 1 heterocycles. The van der Waals surface area contributed by atoms with Gasteiger partial charge in [0.15, 0.2) is 0 Å². The summed E-state index contributed by atoms with van der Waals surface area (Å²) in [7, 11) is 0. The Morgan fingerprint density at radius 1 is 1.60 bits per heavy atom. The van der Waals surface area contributed by atoms with Crippen LogP contribution in [0.5, 0.6) is 0 Å². The summed E-state index contributed by atoms with van der Waals surface area (Å²) in [6.07, 6.45) is 8.41. The molecule has 0 aromatic heterocycles. The van der Waals surface area contributed by atoms with Crippen LogP contribution in [0.4, 0.5) is 0 Å². The summed E-state index contributed by atoms with van der Waals surface area (Å²) in [5.41, 5.74) is 0. The van der Waals surface area contributed by atoms with Gasteiger partial charge in [0.2, 0.25) is 5.91 Å². The highest BCUT2D eigenvalue weighted by Crippen LogP contribution is 2.06. The van der Waals surface area contributed by atoms with Gasteiger partial charge < -0.3 is 10.6 Å². The maximum atomic E-state index is 11.6. The monoisotopic (exact) mass is 226 g/mol. The molecular weight excluding hydrogens is 208 g/mol. The Morgan fingerprint density at radius 3 is 3.13 bits per heavy atom. The molecule has 0 unspecified atom stereocenters. The van der Waals surface area contributed by atoms with E-state index in [0.717, 1.165) is 30.9 Å². The molecular formula is C11H18N2OS. The van der Waals surface area contributed by atoms with E-state index in [9.17, 15) is 4.79 Å². The number of piperidine rings is 1. The average molecular weight is 226 g/mol. The second kappa shape index (κ2) is 7.61. The number of hydrogen-bond acceptors (Lipinski definition) is 3. The third-order valence-corrected chi connectivity index (χ3v) is 3.22. The average Bonchev–Trinajstić information content (AvgIpc) is 2.30. The molecule has 1 rings (SSSR count). The molecule has 1 aliphatic rings. The minimum absolute atomic E-state index is 0.0244. The summed E-state index contributed by atoms with van der Waals surface area (Å²) in [4.78, 5) is 11.6. The molecule has 0 spiro atoms. The van der Waals surface area contributed by atoms with Gasteiger partial charge in [-0.2, -0.15) is 0 Å². The van der Waals surface area contributed by atoms with Gasteiger partial charge in [-0.25, -0.2) is 0 Å². The number of nitrogens with one attached hydrogen (secondary N) is 2. The highest BCUT2D eigenvalue weighted by atomic mass is 32.2. The highest BCUT2D eigenvalue weighted by Gasteiger charge is 2.19. The van der Waals surface area contributed by atoms with Crippen molar-refractivity contribution in [2.24, 2.45) is 0 Å². The molecule has 0 aromatic carbocycles. The molecule has 1 atom stereocenters. The largest absolute Gasteiger partial charge is 0.354 e. The van der Waals surface area contributed by atoms with Crippen LogP contribution in [-0.4, -0.2) is 36.5 Å². The first kappa shape index (κ1) is 12.4. The van der Waals surface area contributed by atoms with Crippen LogP contribution in [0.1, 0.15) is 19.3 Å². The van der Waals surface area contributed by atoms with E-state index in [1.54, 1.807) is 11.8 Å². The second-order valence-corrected chi connectivity index (χ2v) is 4.66. The number of terminal acetylenes is 1. The van der Waals surface area contributed by atoms with Crippen LogP contribution in [0.15, 0.2) is 0 Å². The molecule has 3 nitrogen and oxygen atoms in total. The van der Waals surface area contributed by atoms with Crippen molar-refractivity contribution < 1.29 is 4.79 Å². The zero-order valence-corrected chi connectivity index (χ0v) is 9.74. The molecule has 4 heteroatoms. The minimum atomic E-state index is 0.0244. The van der Waals surface area contributed by atoms with E-state index in [1.165, 1.54) is 6.42 Å². The van der Waals surface area contributed by atoms with E-state index in [0.29, 0.717) is 6.54 Å². The first-order valence-corrected chi connectivity index (χ1v) is 6.52. The van der Waals surface area contributed by atoms with Crippen molar-refractivity contribution in [1.82, 2.24) is 10.6 Å². The van der Waals surface area contributed by atoms with Crippen molar-refractivity contribution >= 4 is 17.7 Å². The maximum Gasteiger partial charge on any atom is 0.237 e. The van der Waals surface area contributed by atoms with Crippen molar-refractivity contribution in [3.8, 4) is 12.3 Å². The molecule has 1 amide bonds. The fourth-order valence-electron chi connectivity index (χ4n) is 1.58. The third-order valence-electron chi connectivity index (χ3n) is 2.36. The predicted octanol–water partition coefficient (Wildman–Crippen LogP) is 0.611.